The van der Waals surface area contributed by atoms with Gasteiger partial charge in [0.2, 0.25) is 0 Å². The summed E-state index contributed by atoms with van der Waals surface area (Å²) >= 11 is 2.27. The lowest BCUT2D eigenvalue weighted by atomic mass is 10.1. The summed E-state index contributed by atoms with van der Waals surface area (Å²) < 4.78 is 17.2. The van der Waals surface area contributed by atoms with Crippen molar-refractivity contribution in [2.75, 3.05) is 30.2 Å². The van der Waals surface area contributed by atoms with Crippen LogP contribution < -0.4 is 25.4 Å². The first-order valence-electron chi connectivity index (χ1n) is 22.6. The molecule has 0 saturated heterocycles. The monoisotopic (exact) mass is 1030 g/mol. The highest BCUT2D eigenvalue weighted by Crippen LogP contribution is 2.30. The first-order valence-corrected chi connectivity index (χ1v) is 23.7. The van der Waals surface area contributed by atoms with Crippen LogP contribution >= 0.6 is 22.6 Å². The number of fused-ring (bicyclic) bond motifs is 3. The third-order valence-corrected chi connectivity index (χ3v) is 11.4. The molecule has 1 aliphatic rings. The number of ether oxygens (including phenoxy) is 2. The van der Waals surface area contributed by atoms with Gasteiger partial charge in [-0.1, -0.05) is 29.5 Å². The van der Waals surface area contributed by atoms with E-state index in [-0.39, 0.29) is 12.1 Å². The van der Waals surface area contributed by atoms with Crippen LogP contribution in [0, 0.1) is 16.0 Å². The Balaban J connectivity index is 0.000000151. The zero-order valence-electron chi connectivity index (χ0n) is 40.3. The number of terminal acetylenes is 1. The van der Waals surface area contributed by atoms with Crippen LogP contribution in [0.2, 0.25) is 0 Å². The molecule has 0 unspecified atom stereocenters. The Hall–Kier alpha value is -7.07. The fourth-order valence-electron chi connectivity index (χ4n) is 7.49. The number of methoxy groups -OCH3 is 2. The van der Waals surface area contributed by atoms with Crippen molar-refractivity contribution in [2.45, 2.75) is 99.2 Å². The molecule has 0 fully saturated rings. The molecule has 7 heterocycles. The van der Waals surface area contributed by atoms with Crippen molar-refractivity contribution in [3.05, 3.63) is 129 Å². The second-order valence-electron chi connectivity index (χ2n) is 17.3. The van der Waals surface area contributed by atoms with Crippen molar-refractivity contribution >= 4 is 67.6 Å². The van der Waals surface area contributed by atoms with Crippen molar-refractivity contribution in [3.8, 4) is 23.8 Å². The van der Waals surface area contributed by atoms with E-state index in [1.165, 1.54) is 11.1 Å². The summed E-state index contributed by atoms with van der Waals surface area (Å²) in [4.78, 5) is 18.0. The van der Waals surface area contributed by atoms with E-state index in [2.05, 4.69) is 152 Å². The van der Waals surface area contributed by atoms with Crippen molar-refractivity contribution < 1.29 is 9.47 Å². The van der Waals surface area contributed by atoms with Crippen LogP contribution in [0.4, 0.5) is 17.5 Å². The van der Waals surface area contributed by atoms with Gasteiger partial charge in [0.1, 0.15) is 44.0 Å². The van der Waals surface area contributed by atoms with E-state index in [1.807, 2.05) is 87.2 Å². The van der Waals surface area contributed by atoms with Gasteiger partial charge in [-0.3, -0.25) is 14.4 Å². The van der Waals surface area contributed by atoms with Crippen molar-refractivity contribution in [3.63, 3.8) is 0 Å². The first-order chi connectivity index (χ1) is 32.8. The Labute approximate surface area is 411 Å². The number of nitrogens with one attached hydrogen (secondary N) is 3. The van der Waals surface area contributed by atoms with Crippen LogP contribution in [0.5, 0.6) is 11.5 Å². The second-order valence-corrected chi connectivity index (χ2v) is 18.4. The zero-order valence-corrected chi connectivity index (χ0v) is 42.4. The van der Waals surface area contributed by atoms with Gasteiger partial charge in [-0.2, -0.15) is 10.2 Å². The third-order valence-electron chi connectivity index (χ3n) is 10.6. The van der Waals surface area contributed by atoms with Gasteiger partial charge >= 0.3 is 0 Å². The topological polar surface area (TPSA) is 172 Å². The van der Waals surface area contributed by atoms with Crippen LogP contribution in [0.15, 0.2) is 96.5 Å². The van der Waals surface area contributed by atoms with E-state index >= 15 is 0 Å². The molecule has 0 aliphatic carbocycles. The summed E-state index contributed by atoms with van der Waals surface area (Å²) in [6, 6.07) is 23.2. The van der Waals surface area contributed by atoms with Gasteiger partial charge in [0.15, 0.2) is 0 Å². The largest absolute Gasteiger partial charge is 0.497 e. The minimum absolute atomic E-state index is 0.263. The van der Waals surface area contributed by atoms with Gasteiger partial charge in [0, 0.05) is 48.3 Å². The molecule has 3 N–H and O–H groups in total. The lowest BCUT2D eigenvalue weighted by Gasteiger charge is -2.13. The van der Waals surface area contributed by atoms with E-state index in [1.54, 1.807) is 20.4 Å². The summed E-state index contributed by atoms with van der Waals surface area (Å²) in [7, 11) is 3.33. The van der Waals surface area contributed by atoms with Gasteiger partial charge < -0.3 is 25.4 Å². The number of hydrogen-bond acceptors (Lipinski definition) is 13. The number of benzene rings is 2. The number of anilines is 3. The molecular weight excluding hydrogens is 968 g/mol. The number of aliphatic imine (C=N–C) groups is 1. The molecule has 16 nitrogen and oxygen atoms in total. The van der Waals surface area contributed by atoms with Crippen molar-refractivity contribution in [2.24, 2.45) is 4.99 Å². The van der Waals surface area contributed by atoms with E-state index in [9.17, 15) is 0 Å². The maximum Gasteiger partial charge on any atom is 0.146 e. The molecular formula is C51H59IN14O2. The average Bonchev–Trinajstić information content (AvgIpc) is 4.13. The lowest BCUT2D eigenvalue weighted by Crippen LogP contribution is -2.15. The molecule has 68 heavy (non-hydrogen) atoms. The number of hydrogen-bond donors (Lipinski definition) is 3. The van der Waals surface area contributed by atoms with Crippen LogP contribution in [0.3, 0.4) is 0 Å². The molecule has 2 aromatic carbocycles. The molecule has 0 bridgehead atoms. The molecule has 0 amide bonds. The Morgan fingerprint density at radius 1 is 0.662 bits per heavy atom. The van der Waals surface area contributed by atoms with Crippen LogP contribution in [0.1, 0.15) is 95.1 Å². The summed E-state index contributed by atoms with van der Waals surface area (Å²) in [6.45, 7) is 18.7. The number of halogens is 1. The molecule has 0 saturated carbocycles. The fraction of sp³-hybridized carbons (Fsp3) is 0.333. The molecule has 1 aliphatic heterocycles. The molecule has 17 heteroatoms. The number of aromatic nitrogens is 10. The van der Waals surface area contributed by atoms with Gasteiger partial charge in [-0.25, -0.2) is 19.6 Å². The molecule has 0 spiro atoms. The molecule has 9 rings (SSSR count). The van der Waals surface area contributed by atoms with Crippen LogP contribution in [-0.4, -0.2) is 87.6 Å². The van der Waals surface area contributed by atoms with Crippen LogP contribution in [0.25, 0.3) is 21.8 Å². The normalized spacial score (nSPS) is 11.8. The second kappa shape index (κ2) is 22.2. The Bertz CT molecular complexity index is 3030. The van der Waals surface area contributed by atoms with Gasteiger partial charge in [-0.15, -0.1) is 11.5 Å². The molecule has 0 radical (unpaired) electrons. The molecule has 352 valence electrons. The predicted octanol–water partition coefficient (Wildman–Crippen LogP) is 9.63. The van der Waals surface area contributed by atoms with E-state index < -0.39 is 0 Å². The summed E-state index contributed by atoms with van der Waals surface area (Å²) in [6.07, 6.45) is 13.0. The summed E-state index contributed by atoms with van der Waals surface area (Å²) in [5.74, 6) is 6.91. The van der Waals surface area contributed by atoms with Gasteiger partial charge in [0.25, 0.3) is 0 Å². The van der Waals surface area contributed by atoms with Crippen molar-refractivity contribution in [1.82, 2.24) is 49.5 Å². The van der Waals surface area contributed by atoms with Crippen LogP contribution in [-0.2, 0) is 19.6 Å². The quantitative estimate of drug-likeness (QED) is 0.0697. The fourth-order valence-corrected chi connectivity index (χ4v) is 8.28. The number of nitrogens with zero attached hydrogens (tertiary/aromatic N) is 11. The Morgan fingerprint density at radius 3 is 1.68 bits per heavy atom. The minimum Gasteiger partial charge on any atom is -0.497 e. The maximum atomic E-state index is 5.66. The van der Waals surface area contributed by atoms with E-state index in [4.69, 9.17) is 15.9 Å². The summed E-state index contributed by atoms with van der Waals surface area (Å²) in [5, 5.41) is 29.8. The molecule has 8 aromatic rings. The average molecular weight is 1030 g/mol. The summed E-state index contributed by atoms with van der Waals surface area (Å²) in [5.41, 5.74) is 8.90. The Morgan fingerprint density at radius 2 is 1.16 bits per heavy atom. The number of pyridine rings is 3. The highest BCUT2D eigenvalue weighted by Gasteiger charge is 2.25. The van der Waals surface area contributed by atoms with Crippen molar-refractivity contribution in [1.29, 1.82) is 0 Å². The smallest absolute Gasteiger partial charge is 0.146 e. The van der Waals surface area contributed by atoms with Gasteiger partial charge in [-0.05, 0) is 143 Å². The zero-order chi connectivity index (χ0) is 48.5. The predicted molar refractivity (Wildman–Crippen MR) is 280 cm³/mol. The lowest BCUT2D eigenvalue weighted by molar-refractivity contribution is 0.414. The number of rotatable bonds is 14. The van der Waals surface area contributed by atoms with Gasteiger partial charge in [0.05, 0.1) is 67.6 Å². The van der Waals surface area contributed by atoms with E-state index in [0.29, 0.717) is 37.4 Å². The SMILES string of the molecule is C#Cc1nn(Cc2ccc(OC)cc2)c2ccnc(NC(C)C)c12.CC(C)Nc1nccc2c1C(c1cn(C(C)C)nn1)=NC2.COc1ccc(Cn2nc(I)c3c(NC(C)C)nccc32)cc1. The molecule has 6 aromatic heterocycles. The maximum absolute atomic E-state index is 5.66. The molecule has 0 atom stereocenters. The highest BCUT2D eigenvalue weighted by atomic mass is 127. The standard InChI is InChI=1S/C19H20N4O.C17H19IN4O.C15H20N6/c1-5-16-18-17(10-11-20-19(18)21-13(2)3)23(22-16)12-14-6-8-15(24-4)9-7-14;1-11(2)20-17-15-14(8-9-19-17)22(21-16(15)18)10-12-4-6-13(23-3)7-5-12;1-9(2)18-15-13-11(5-6-16-15)7-17-14(13)12-8-21(10(3)4)20-19-12/h1,6-11,13H,12H2,2-4H3,(H,20,21);4-9,11H,10H2,1-3H3,(H,19,20);5-6,8-10H,7H2,1-4H3,(H,16,18). The highest BCUT2D eigenvalue weighted by molar-refractivity contribution is 14.1. The minimum atomic E-state index is 0.263. The van der Waals surface area contributed by atoms with E-state index in [0.717, 1.165) is 77.0 Å². The third kappa shape index (κ3) is 11.5. The Kier molecular flexibility index (Phi) is 15.9. The first kappa shape index (κ1) is 48.9.